The number of nitrogens with one attached hydrogen (secondary N) is 3. The van der Waals surface area contributed by atoms with Gasteiger partial charge in [0.05, 0.1) is 21.9 Å². The molecule has 0 saturated carbocycles. The molecule has 3 heterocycles. The van der Waals surface area contributed by atoms with Crippen LogP contribution in [0.3, 0.4) is 0 Å². The number of carbonyl (C=O) groups excluding carboxylic acids is 1. The van der Waals surface area contributed by atoms with E-state index in [1.165, 1.54) is 10.9 Å². The Morgan fingerprint density at radius 3 is 2.84 bits per heavy atom. The van der Waals surface area contributed by atoms with Crippen LogP contribution in [-0.4, -0.2) is 39.8 Å². The summed E-state index contributed by atoms with van der Waals surface area (Å²) in [7, 11) is 1.80. The summed E-state index contributed by atoms with van der Waals surface area (Å²) < 4.78 is 1.67. The summed E-state index contributed by atoms with van der Waals surface area (Å²) in [6, 6.07) is 13.7. The monoisotopic (exact) mass is 467 g/mol. The van der Waals surface area contributed by atoms with Gasteiger partial charge in [0.25, 0.3) is 5.91 Å². The van der Waals surface area contributed by atoms with E-state index >= 15 is 0 Å². The molecule has 1 fully saturated rings. The van der Waals surface area contributed by atoms with Gasteiger partial charge in [0.2, 0.25) is 0 Å². The van der Waals surface area contributed by atoms with E-state index in [-0.39, 0.29) is 17.9 Å². The average Bonchev–Trinajstić information content (AvgIpc) is 3.40. The molecule has 1 aliphatic heterocycles. The summed E-state index contributed by atoms with van der Waals surface area (Å²) in [6.45, 7) is 1.64. The highest BCUT2D eigenvalue weighted by Crippen LogP contribution is 2.34. The number of rotatable bonds is 4. The van der Waals surface area contributed by atoms with E-state index in [2.05, 4.69) is 45.0 Å². The minimum absolute atomic E-state index is 0.0262. The fourth-order valence-electron chi connectivity index (χ4n) is 4.63. The summed E-state index contributed by atoms with van der Waals surface area (Å²) in [6.07, 6.45) is 4.49. The lowest BCUT2D eigenvalue weighted by Crippen LogP contribution is -2.50. The standard InChI is InChI=1S/C24H23Cl2N5O/c1-31-23(20(26)12-29-31)18-6-5-14(11-19(18)25)24(32)30-22-13-27-9-7-17(22)15-3-2-4-21-16(15)8-10-28-21/h2-6,8,10-12,17,22,27-28H,7,9,13H2,1H3,(H,30,32)/t17-,22+/m0/s1. The van der Waals surface area contributed by atoms with Gasteiger partial charge < -0.3 is 15.6 Å². The van der Waals surface area contributed by atoms with Crippen molar-refractivity contribution in [2.45, 2.75) is 18.4 Å². The Kier molecular flexibility index (Phi) is 5.67. The number of fused-ring (bicyclic) bond motifs is 1. The Bertz CT molecular complexity index is 1280. The van der Waals surface area contributed by atoms with E-state index < -0.39 is 0 Å². The molecule has 3 N–H and O–H groups in total. The van der Waals surface area contributed by atoms with Gasteiger partial charge in [0.15, 0.2) is 0 Å². The Morgan fingerprint density at radius 1 is 1.19 bits per heavy atom. The molecule has 2 aromatic carbocycles. The molecule has 0 bridgehead atoms. The van der Waals surface area contributed by atoms with Gasteiger partial charge in [-0.2, -0.15) is 5.10 Å². The molecule has 0 radical (unpaired) electrons. The first-order chi connectivity index (χ1) is 15.5. The highest BCUT2D eigenvalue weighted by Gasteiger charge is 2.29. The van der Waals surface area contributed by atoms with E-state index in [4.69, 9.17) is 23.2 Å². The number of aryl methyl sites for hydroxylation is 1. The van der Waals surface area contributed by atoms with Crippen LogP contribution in [0.5, 0.6) is 0 Å². The van der Waals surface area contributed by atoms with Crippen LogP contribution in [0, 0.1) is 0 Å². The second-order valence-corrected chi connectivity index (χ2v) is 8.94. The zero-order valence-electron chi connectivity index (χ0n) is 17.5. The van der Waals surface area contributed by atoms with Gasteiger partial charge in [-0.3, -0.25) is 9.48 Å². The van der Waals surface area contributed by atoms with Crippen LogP contribution in [0.1, 0.15) is 28.3 Å². The minimum atomic E-state index is -0.144. The number of hydrogen-bond donors (Lipinski definition) is 3. The number of H-pyrrole nitrogens is 1. The maximum atomic E-state index is 13.1. The first kappa shape index (κ1) is 21.1. The molecule has 2 atom stereocenters. The van der Waals surface area contributed by atoms with E-state index in [0.29, 0.717) is 22.2 Å². The van der Waals surface area contributed by atoms with Gasteiger partial charge in [0.1, 0.15) is 0 Å². The average molecular weight is 468 g/mol. The van der Waals surface area contributed by atoms with Gasteiger partial charge >= 0.3 is 0 Å². The summed E-state index contributed by atoms with van der Waals surface area (Å²) in [5.74, 6) is 0.0807. The second-order valence-electron chi connectivity index (χ2n) is 8.12. The van der Waals surface area contributed by atoms with Crippen molar-refractivity contribution in [2.24, 2.45) is 7.05 Å². The van der Waals surface area contributed by atoms with Crippen molar-refractivity contribution in [2.75, 3.05) is 13.1 Å². The smallest absolute Gasteiger partial charge is 0.251 e. The molecular weight excluding hydrogens is 445 g/mol. The molecule has 164 valence electrons. The van der Waals surface area contributed by atoms with Crippen molar-refractivity contribution in [1.29, 1.82) is 0 Å². The lowest BCUT2D eigenvalue weighted by atomic mass is 9.84. The highest BCUT2D eigenvalue weighted by molar-refractivity contribution is 6.36. The van der Waals surface area contributed by atoms with Crippen molar-refractivity contribution in [1.82, 2.24) is 25.4 Å². The van der Waals surface area contributed by atoms with Crippen molar-refractivity contribution in [3.05, 3.63) is 76.0 Å². The zero-order chi connectivity index (χ0) is 22.2. The van der Waals surface area contributed by atoms with Crippen LogP contribution in [0.2, 0.25) is 10.0 Å². The molecule has 0 aliphatic carbocycles. The van der Waals surface area contributed by atoms with Gasteiger partial charge in [-0.05, 0) is 42.8 Å². The summed E-state index contributed by atoms with van der Waals surface area (Å²) in [4.78, 5) is 16.4. The molecule has 1 aliphatic rings. The Morgan fingerprint density at radius 2 is 2.06 bits per heavy atom. The first-order valence-electron chi connectivity index (χ1n) is 10.6. The Labute approximate surface area is 195 Å². The zero-order valence-corrected chi connectivity index (χ0v) is 19.0. The Balaban J connectivity index is 1.40. The number of halogens is 2. The van der Waals surface area contributed by atoms with Crippen molar-refractivity contribution < 1.29 is 4.79 Å². The summed E-state index contributed by atoms with van der Waals surface area (Å²) in [5, 5.41) is 13.0. The number of piperidine rings is 1. The highest BCUT2D eigenvalue weighted by atomic mass is 35.5. The number of nitrogens with zero attached hydrogens (tertiary/aromatic N) is 2. The predicted molar refractivity (Wildman–Crippen MR) is 128 cm³/mol. The number of carbonyl (C=O) groups is 1. The maximum Gasteiger partial charge on any atom is 0.251 e. The molecule has 0 spiro atoms. The molecule has 2 aromatic heterocycles. The van der Waals surface area contributed by atoms with Crippen LogP contribution in [0.25, 0.3) is 22.2 Å². The molecule has 32 heavy (non-hydrogen) atoms. The molecular formula is C24H23Cl2N5O. The molecule has 4 aromatic rings. The first-order valence-corrected chi connectivity index (χ1v) is 11.3. The van der Waals surface area contributed by atoms with Gasteiger partial charge in [-0.1, -0.05) is 41.4 Å². The van der Waals surface area contributed by atoms with Crippen molar-refractivity contribution in [3.63, 3.8) is 0 Å². The third kappa shape index (κ3) is 3.79. The number of benzene rings is 2. The normalized spacial score (nSPS) is 18.7. The fraction of sp³-hybridized carbons (Fsp3) is 0.250. The van der Waals surface area contributed by atoms with Crippen LogP contribution < -0.4 is 10.6 Å². The SMILES string of the molecule is Cn1ncc(Cl)c1-c1ccc(C(=O)N[C@@H]2CNCC[C@H]2c2cccc3[nH]ccc23)cc1Cl. The quantitative estimate of drug-likeness (QED) is 0.405. The van der Waals surface area contributed by atoms with Gasteiger partial charge in [-0.15, -0.1) is 0 Å². The third-order valence-electron chi connectivity index (χ3n) is 6.21. The second kappa shape index (κ2) is 8.62. The molecule has 6 nitrogen and oxygen atoms in total. The fourth-order valence-corrected chi connectivity index (χ4v) is 5.17. The summed E-state index contributed by atoms with van der Waals surface area (Å²) in [5.41, 5.74) is 4.35. The Hall–Kier alpha value is -2.80. The minimum Gasteiger partial charge on any atom is -0.361 e. The van der Waals surface area contributed by atoms with Gasteiger partial charge in [-0.25, -0.2) is 0 Å². The third-order valence-corrected chi connectivity index (χ3v) is 6.80. The molecule has 5 rings (SSSR count). The number of aromatic amines is 1. The maximum absolute atomic E-state index is 13.1. The van der Waals surface area contributed by atoms with Crippen LogP contribution in [-0.2, 0) is 7.05 Å². The topological polar surface area (TPSA) is 74.7 Å². The number of aromatic nitrogens is 3. The lowest BCUT2D eigenvalue weighted by Gasteiger charge is -2.33. The predicted octanol–water partition coefficient (Wildman–Crippen LogP) is 4.75. The molecule has 8 heteroatoms. The van der Waals surface area contributed by atoms with E-state index in [9.17, 15) is 4.79 Å². The van der Waals surface area contributed by atoms with Crippen molar-refractivity contribution in [3.8, 4) is 11.3 Å². The van der Waals surface area contributed by atoms with Gasteiger partial charge in [0, 0.05) is 53.8 Å². The van der Waals surface area contributed by atoms with Crippen LogP contribution in [0.4, 0.5) is 0 Å². The lowest BCUT2D eigenvalue weighted by molar-refractivity contribution is 0.0924. The molecule has 1 amide bonds. The van der Waals surface area contributed by atoms with E-state index in [1.54, 1.807) is 30.1 Å². The molecule has 0 unspecified atom stereocenters. The number of amides is 1. The number of hydrogen-bond acceptors (Lipinski definition) is 3. The van der Waals surface area contributed by atoms with E-state index in [0.717, 1.165) is 29.7 Å². The van der Waals surface area contributed by atoms with E-state index in [1.807, 2.05) is 12.3 Å². The summed E-state index contributed by atoms with van der Waals surface area (Å²) >= 11 is 12.8. The van der Waals surface area contributed by atoms with Crippen molar-refractivity contribution >= 4 is 40.0 Å². The van der Waals surface area contributed by atoms with Crippen LogP contribution >= 0.6 is 23.2 Å². The van der Waals surface area contributed by atoms with Crippen LogP contribution in [0.15, 0.2) is 54.9 Å². The molecule has 1 saturated heterocycles. The largest absolute Gasteiger partial charge is 0.361 e.